The minimum Gasteiger partial charge on any atom is -0.497 e. The van der Waals surface area contributed by atoms with Crippen LogP contribution in [-0.2, 0) is 47.7 Å². The van der Waals surface area contributed by atoms with E-state index in [1.165, 1.54) is 14.0 Å². The number of nitrogens with zero attached hydrogens (tertiary/aromatic N) is 1. The van der Waals surface area contributed by atoms with Gasteiger partial charge in [-0.3, -0.25) is 28.9 Å². The van der Waals surface area contributed by atoms with E-state index < -0.39 is 67.0 Å². The van der Waals surface area contributed by atoms with Crippen LogP contribution < -0.4 is 4.74 Å². The number of benzene rings is 1. The lowest BCUT2D eigenvalue weighted by atomic mass is 9.96. The van der Waals surface area contributed by atoms with Gasteiger partial charge in [-0.25, -0.2) is 0 Å². The number of hydrogen-bond donors (Lipinski definition) is 0. The lowest BCUT2D eigenvalue weighted by Gasteiger charge is -2.46. The van der Waals surface area contributed by atoms with E-state index in [1.807, 2.05) is 0 Å². The zero-order chi connectivity index (χ0) is 28.9. The average molecular weight is 582 g/mol. The van der Waals surface area contributed by atoms with Crippen LogP contribution in [0, 0.1) is 0 Å². The molecule has 1 amide bonds. The van der Waals surface area contributed by atoms with Crippen molar-refractivity contribution < 1.29 is 52.4 Å². The number of thiocarbonyl (C=S) groups is 1. The molecule has 0 aromatic heterocycles. The summed E-state index contributed by atoms with van der Waals surface area (Å²) in [5.74, 6) is -2.92. The second kappa shape index (κ2) is 13.0. The van der Waals surface area contributed by atoms with Gasteiger partial charge in [-0.2, -0.15) is 0 Å². The summed E-state index contributed by atoms with van der Waals surface area (Å²) in [6.07, 6.45) is -5.24. The molecule has 0 radical (unpaired) electrons. The zero-order valence-electron chi connectivity index (χ0n) is 21.7. The SMILES string of the molecule is COc1ccc(/C=C2/SC(=S)N([C@@H]3O[C@H](COC(C)=O)[C@H](OC(C)=O)[C@@H](OC(C)=O)[C@@H]3OC(C)=O)C2=O)cc1. The van der Waals surface area contributed by atoms with Crippen molar-refractivity contribution in [3.63, 3.8) is 0 Å². The number of amides is 1. The highest BCUT2D eigenvalue weighted by Crippen LogP contribution is 2.39. The van der Waals surface area contributed by atoms with Crippen molar-refractivity contribution in [2.45, 2.75) is 58.3 Å². The van der Waals surface area contributed by atoms with Gasteiger partial charge in [-0.15, -0.1) is 0 Å². The van der Waals surface area contributed by atoms with Crippen LogP contribution in [0.5, 0.6) is 5.75 Å². The van der Waals surface area contributed by atoms with E-state index in [2.05, 4.69) is 0 Å². The quantitative estimate of drug-likeness (QED) is 0.191. The van der Waals surface area contributed by atoms with Gasteiger partial charge in [-0.05, 0) is 23.8 Å². The van der Waals surface area contributed by atoms with Gasteiger partial charge in [0.1, 0.15) is 18.5 Å². The Morgan fingerprint density at radius 3 is 2.03 bits per heavy atom. The van der Waals surface area contributed by atoms with Crippen LogP contribution in [0.4, 0.5) is 0 Å². The van der Waals surface area contributed by atoms with Gasteiger partial charge in [0.15, 0.2) is 28.9 Å². The first-order valence-electron chi connectivity index (χ1n) is 11.6. The van der Waals surface area contributed by atoms with E-state index in [0.717, 1.165) is 37.4 Å². The first-order chi connectivity index (χ1) is 18.4. The highest BCUT2D eigenvalue weighted by molar-refractivity contribution is 8.26. The molecule has 1 aromatic rings. The summed E-state index contributed by atoms with van der Waals surface area (Å²) in [6, 6.07) is 6.96. The predicted octanol–water partition coefficient (Wildman–Crippen LogP) is 1.98. The highest BCUT2D eigenvalue weighted by atomic mass is 32.2. The third-order valence-corrected chi connectivity index (χ3v) is 6.79. The minimum absolute atomic E-state index is 0.0701. The van der Waals surface area contributed by atoms with Crippen molar-refractivity contribution in [3.05, 3.63) is 34.7 Å². The summed E-state index contributed by atoms with van der Waals surface area (Å²) in [5, 5.41) is 0. The number of carbonyl (C=O) groups excluding carboxylic acids is 5. The Kier molecular flexibility index (Phi) is 10.1. The molecule has 2 aliphatic heterocycles. The largest absolute Gasteiger partial charge is 0.497 e. The van der Waals surface area contributed by atoms with Crippen molar-refractivity contribution >= 4 is 64.2 Å². The molecule has 2 saturated heterocycles. The van der Waals surface area contributed by atoms with Crippen LogP contribution in [-0.4, -0.2) is 83.4 Å². The van der Waals surface area contributed by atoms with Crippen LogP contribution in [0.25, 0.3) is 6.08 Å². The molecule has 0 unspecified atom stereocenters. The molecule has 210 valence electrons. The maximum atomic E-state index is 13.6. The number of carbonyl (C=O) groups is 5. The maximum Gasteiger partial charge on any atom is 0.303 e. The number of methoxy groups -OCH3 is 1. The third-order valence-electron chi connectivity index (χ3n) is 5.46. The number of thioether (sulfide) groups is 1. The topological polar surface area (TPSA) is 144 Å². The summed E-state index contributed by atoms with van der Waals surface area (Å²) < 4.78 is 32.6. The molecule has 1 aromatic carbocycles. The molecule has 0 saturated carbocycles. The van der Waals surface area contributed by atoms with Gasteiger partial charge >= 0.3 is 23.9 Å². The van der Waals surface area contributed by atoms with E-state index in [9.17, 15) is 24.0 Å². The summed E-state index contributed by atoms with van der Waals surface area (Å²) in [7, 11) is 1.54. The first kappa shape index (κ1) is 30.1. The average Bonchev–Trinajstić information content (AvgIpc) is 3.12. The summed E-state index contributed by atoms with van der Waals surface area (Å²) in [5.41, 5.74) is 0.692. The summed E-state index contributed by atoms with van der Waals surface area (Å²) in [4.78, 5) is 62.5. The summed E-state index contributed by atoms with van der Waals surface area (Å²) >= 11 is 6.46. The fourth-order valence-corrected chi connectivity index (χ4v) is 5.27. The van der Waals surface area contributed by atoms with Gasteiger partial charge in [0.25, 0.3) is 5.91 Å². The second-order valence-electron chi connectivity index (χ2n) is 8.41. The van der Waals surface area contributed by atoms with Crippen LogP contribution in [0.15, 0.2) is 29.2 Å². The molecule has 2 aliphatic rings. The Bertz CT molecular complexity index is 1180. The monoisotopic (exact) mass is 581 g/mol. The van der Waals surface area contributed by atoms with Crippen LogP contribution in [0.3, 0.4) is 0 Å². The van der Waals surface area contributed by atoms with E-state index in [4.69, 9.17) is 40.6 Å². The smallest absolute Gasteiger partial charge is 0.303 e. The number of esters is 4. The second-order valence-corrected chi connectivity index (χ2v) is 10.1. The molecule has 0 N–H and O–H groups in total. The van der Waals surface area contributed by atoms with E-state index >= 15 is 0 Å². The fourth-order valence-electron chi connectivity index (χ4n) is 3.96. The molecule has 5 atom stereocenters. The Hall–Kier alpha value is -3.49. The van der Waals surface area contributed by atoms with Gasteiger partial charge in [0.2, 0.25) is 0 Å². The summed E-state index contributed by atoms with van der Waals surface area (Å²) in [6.45, 7) is 4.08. The standard InChI is InChI=1S/C25H27NO11S2/c1-12(27)33-11-18-20(34-13(2)28)21(35-14(3)29)22(36-15(4)30)24(37-18)26-23(31)19(39-25(26)38)10-16-6-8-17(32-5)9-7-16/h6-10,18,20-22,24H,11H2,1-5H3/b19-10+/t18-,20+,21-,22+,24-/m1/s1. The lowest BCUT2D eigenvalue weighted by molar-refractivity contribution is -0.268. The fraction of sp³-hybridized carbons (Fsp3) is 0.440. The van der Waals surface area contributed by atoms with Crippen molar-refractivity contribution in [1.29, 1.82) is 0 Å². The normalized spacial score (nSPS) is 25.7. The molecular weight excluding hydrogens is 554 g/mol. The number of rotatable bonds is 8. The highest BCUT2D eigenvalue weighted by Gasteiger charge is 2.56. The molecule has 2 fully saturated rings. The minimum atomic E-state index is -1.45. The van der Waals surface area contributed by atoms with E-state index in [0.29, 0.717) is 11.3 Å². The maximum absolute atomic E-state index is 13.6. The molecule has 2 heterocycles. The Morgan fingerprint density at radius 1 is 0.923 bits per heavy atom. The molecule has 39 heavy (non-hydrogen) atoms. The van der Waals surface area contributed by atoms with Crippen molar-refractivity contribution in [2.24, 2.45) is 0 Å². The van der Waals surface area contributed by atoms with Crippen LogP contribution in [0.2, 0.25) is 0 Å². The van der Waals surface area contributed by atoms with Crippen molar-refractivity contribution in [3.8, 4) is 5.75 Å². The van der Waals surface area contributed by atoms with Gasteiger partial charge in [0.05, 0.1) is 12.0 Å². The predicted molar refractivity (Wildman–Crippen MR) is 140 cm³/mol. The van der Waals surface area contributed by atoms with Gasteiger partial charge < -0.3 is 28.4 Å². The molecule has 3 rings (SSSR count). The molecule has 0 bridgehead atoms. The van der Waals surface area contributed by atoms with Crippen molar-refractivity contribution in [1.82, 2.24) is 4.90 Å². The molecular formula is C25H27NO11S2. The van der Waals surface area contributed by atoms with Gasteiger partial charge in [-0.1, -0.05) is 36.1 Å². The van der Waals surface area contributed by atoms with Crippen LogP contribution >= 0.6 is 24.0 Å². The molecule has 0 aliphatic carbocycles. The van der Waals surface area contributed by atoms with E-state index in [1.54, 1.807) is 30.3 Å². The number of ether oxygens (including phenoxy) is 6. The molecule has 12 nitrogen and oxygen atoms in total. The zero-order valence-corrected chi connectivity index (χ0v) is 23.4. The Morgan fingerprint density at radius 2 is 1.49 bits per heavy atom. The molecule has 0 spiro atoms. The van der Waals surface area contributed by atoms with E-state index in [-0.39, 0.29) is 9.23 Å². The van der Waals surface area contributed by atoms with Crippen molar-refractivity contribution in [2.75, 3.05) is 13.7 Å². The first-order valence-corrected chi connectivity index (χ1v) is 12.8. The van der Waals surface area contributed by atoms with Crippen LogP contribution in [0.1, 0.15) is 33.3 Å². The lowest BCUT2D eigenvalue weighted by Crippen LogP contribution is -2.66. The Labute approximate surface area is 233 Å². The third kappa shape index (κ3) is 7.55. The van der Waals surface area contributed by atoms with Gasteiger partial charge in [0, 0.05) is 27.7 Å². The number of hydrogen-bond acceptors (Lipinski definition) is 13. The molecule has 14 heteroatoms. The Balaban J connectivity index is 2.03.